The number of hydrogen-bond acceptors (Lipinski definition) is 2. The minimum atomic E-state index is 0.208. The molecule has 0 amide bonds. The summed E-state index contributed by atoms with van der Waals surface area (Å²) in [4.78, 5) is 4.34. The first-order valence-corrected chi connectivity index (χ1v) is 5.90. The maximum absolute atomic E-state index is 5.03. The summed E-state index contributed by atoms with van der Waals surface area (Å²) >= 11 is 0. The number of ether oxygens (including phenoxy) is 1. The molecule has 1 heterocycles. The second-order valence-electron chi connectivity index (χ2n) is 4.61. The third-order valence-corrected chi connectivity index (χ3v) is 3.49. The molecule has 0 saturated heterocycles. The van der Waals surface area contributed by atoms with Gasteiger partial charge in [0.25, 0.3) is 0 Å². The maximum atomic E-state index is 5.03. The van der Waals surface area contributed by atoms with Crippen LogP contribution in [0.1, 0.15) is 18.4 Å². The van der Waals surface area contributed by atoms with Gasteiger partial charge < -0.3 is 4.74 Å². The number of aromatic nitrogens is 1. The van der Waals surface area contributed by atoms with E-state index in [9.17, 15) is 0 Å². The molecule has 17 heavy (non-hydrogen) atoms. The Labute approximate surface area is 101 Å². The Balaban J connectivity index is 2.04. The van der Waals surface area contributed by atoms with E-state index in [4.69, 9.17) is 4.74 Å². The summed E-state index contributed by atoms with van der Waals surface area (Å²) in [6.07, 6.45) is 8.21. The molecular weight excluding hydrogens is 210 g/mol. The fourth-order valence-corrected chi connectivity index (χ4v) is 2.27. The molecule has 0 atom stereocenters. The highest BCUT2D eigenvalue weighted by Crippen LogP contribution is 2.49. The Morgan fingerprint density at radius 2 is 2.18 bits per heavy atom. The van der Waals surface area contributed by atoms with Gasteiger partial charge in [0, 0.05) is 17.0 Å². The molecule has 0 unspecified atom stereocenters. The first-order chi connectivity index (χ1) is 8.34. The van der Waals surface area contributed by atoms with Gasteiger partial charge >= 0.3 is 0 Å². The number of allylic oxidation sites excluding steroid dienone is 1. The number of fused-ring (bicyclic) bond motifs is 1. The van der Waals surface area contributed by atoms with Gasteiger partial charge in [-0.25, -0.2) is 0 Å². The lowest BCUT2D eigenvalue weighted by molar-refractivity contribution is 0.335. The third kappa shape index (κ3) is 1.80. The monoisotopic (exact) mass is 225 g/mol. The van der Waals surface area contributed by atoms with Crippen LogP contribution in [0.3, 0.4) is 0 Å². The number of nitrogens with zero attached hydrogens (tertiary/aromatic N) is 1. The van der Waals surface area contributed by atoms with Gasteiger partial charge in [0.2, 0.25) is 0 Å². The van der Waals surface area contributed by atoms with Gasteiger partial charge in [-0.15, -0.1) is 0 Å². The number of pyridine rings is 1. The van der Waals surface area contributed by atoms with Crippen LogP contribution in [0.15, 0.2) is 48.9 Å². The zero-order chi connectivity index (χ0) is 11.7. The zero-order valence-corrected chi connectivity index (χ0v) is 9.89. The second-order valence-corrected chi connectivity index (χ2v) is 4.61. The maximum Gasteiger partial charge on any atom is 0.0793 e. The third-order valence-electron chi connectivity index (χ3n) is 3.49. The highest BCUT2D eigenvalue weighted by atomic mass is 16.5. The molecule has 1 aliphatic rings. The summed E-state index contributed by atoms with van der Waals surface area (Å²) in [5, 5.41) is 1.21. The molecule has 0 aliphatic heterocycles. The lowest BCUT2D eigenvalue weighted by Crippen LogP contribution is -2.02. The van der Waals surface area contributed by atoms with Crippen LogP contribution >= 0.6 is 0 Å². The fourth-order valence-electron chi connectivity index (χ4n) is 2.27. The van der Waals surface area contributed by atoms with Crippen LogP contribution in [0.2, 0.25) is 0 Å². The van der Waals surface area contributed by atoms with Crippen molar-refractivity contribution in [3.63, 3.8) is 0 Å². The minimum absolute atomic E-state index is 0.208. The largest absolute Gasteiger partial charge is 0.505 e. The summed E-state index contributed by atoms with van der Waals surface area (Å²) in [7, 11) is 1.69. The standard InChI is InChI=1S/C15H15NO/c1-17-10-8-15(6-7-15)13-4-5-14-12(11-13)3-2-9-16-14/h2-5,8-11H,6-7H2,1H3. The molecule has 0 N–H and O–H groups in total. The van der Waals surface area contributed by atoms with E-state index in [1.807, 2.05) is 12.3 Å². The molecule has 86 valence electrons. The van der Waals surface area contributed by atoms with Crippen molar-refractivity contribution < 1.29 is 4.74 Å². The summed E-state index contributed by atoms with van der Waals surface area (Å²) < 4.78 is 5.03. The number of methoxy groups -OCH3 is 1. The van der Waals surface area contributed by atoms with Crippen LogP contribution in [0, 0.1) is 0 Å². The second kappa shape index (κ2) is 3.88. The quantitative estimate of drug-likeness (QED) is 0.747. The van der Waals surface area contributed by atoms with E-state index in [2.05, 4.69) is 35.3 Å². The molecule has 2 aromatic rings. The van der Waals surface area contributed by atoms with Crippen molar-refractivity contribution in [2.75, 3.05) is 7.11 Å². The van der Waals surface area contributed by atoms with E-state index in [0.29, 0.717) is 0 Å². The summed E-state index contributed by atoms with van der Waals surface area (Å²) in [6, 6.07) is 10.6. The molecule has 1 saturated carbocycles. The van der Waals surface area contributed by atoms with E-state index >= 15 is 0 Å². The van der Waals surface area contributed by atoms with Gasteiger partial charge in [-0.05, 0) is 42.7 Å². The lowest BCUT2D eigenvalue weighted by atomic mass is 9.94. The topological polar surface area (TPSA) is 22.1 Å². The van der Waals surface area contributed by atoms with Gasteiger partial charge in [0.15, 0.2) is 0 Å². The number of benzene rings is 1. The molecule has 1 aromatic carbocycles. The molecule has 2 nitrogen and oxygen atoms in total. The predicted octanol–water partition coefficient (Wildman–Crippen LogP) is 3.43. The van der Waals surface area contributed by atoms with E-state index < -0.39 is 0 Å². The van der Waals surface area contributed by atoms with Crippen molar-refractivity contribution in [1.82, 2.24) is 4.98 Å². The normalized spacial score (nSPS) is 17.5. The summed E-state index contributed by atoms with van der Waals surface area (Å²) in [5.41, 5.74) is 2.63. The molecular formula is C15H15NO. The Morgan fingerprint density at radius 1 is 1.29 bits per heavy atom. The predicted molar refractivity (Wildman–Crippen MR) is 68.8 cm³/mol. The van der Waals surface area contributed by atoms with Crippen LogP contribution in [0.4, 0.5) is 0 Å². The molecule has 1 aromatic heterocycles. The van der Waals surface area contributed by atoms with E-state index in [1.54, 1.807) is 13.4 Å². The minimum Gasteiger partial charge on any atom is -0.505 e. The van der Waals surface area contributed by atoms with Crippen molar-refractivity contribution >= 4 is 10.9 Å². The number of rotatable bonds is 3. The Morgan fingerprint density at radius 3 is 2.94 bits per heavy atom. The first kappa shape index (κ1) is 10.3. The summed E-state index contributed by atoms with van der Waals surface area (Å²) in [6.45, 7) is 0. The Bertz CT molecular complexity index is 570. The van der Waals surface area contributed by atoms with Gasteiger partial charge in [0.05, 0.1) is 18.9 Å². The number of hydrogen-bond donors (Lipinski definition) is 0. The highest BCUT2D eigenvalue weighted by Gasteiger charge is 2.41. The Hall–Kier alpha value is -1.83. The van der Waals surface area contributed by atoms with Crippen molar-refractivity contribution in [2.24, 2.45) is 0 Å². The molecule has 3 rings (SSSR count). The van der Waals surface area contributed by atoms with Crippen molar-refractivity contribution in [1.29, 1.82) is 0 Å². The van der Waals surface area contributed by atoms with E-state index in [1.165, 1.54) is 23.8 Å². The molecule has 1 fully saturated rings. The van der Waals surface area contributed by atoms with Gasteiger partial charge in [-0.1, -0.05) is 12.1 Å². The van der Waals surface area contributed by atoms with Crippen LogP contribution in [0.5, 0.6) is 0 Å². The molecule has 0 radical (unpaired) electrons. The van der Waals surface area contributed by atoms with Gasteiger partial charge in [-0.2, -0.15) is 0 Å². The zero-order valence-electron chi connectivity index (χ0n) is 9.89. The van der Waals surface area contributed by atoms with Crippen LogP contribution in [0.25, 0.3) is 10.9 Å². The van der Waals surface area contributed by atoms with Crippen LogP contribution in [-0.2, 0) is 10.2 Å². The fraction of sp³-hybridized carbons (Fsp3) is 0.267. The molecule has 0 spiro atoms. The molecule has 2 heteroatoms. The van der Waals surface area contributed by atoms with E-state index in [-0.39, 0.29) is 5.41 Å². The SMILES string of the molecule is COC=CC1(c2ccc3ncccc3c2)CC1. The van der Waals surface area contributed by atoms with E-state index in [0.717, 1.165) is 5.52 Å². The average Bonchev–Trinajstić information content (AvgIpc) is 3.17. The smallest absolute Gasteiger partial charge is 0.0793 e. The highest BCUT2D eigenvalue weighted by molar-refractivity contribution is 5.79. The Kier molecular flexibility index (Phi) is 2.36. The van der Waals surface area contributed by atoms with Crippen molar-refractivity contribution in [3.05, 3.63) is 54.4 Å². The molecule has 1 aliphatic carbocycles. The summed E-state index contributed by atoms with van der Waals surface area (Å²) in [5.74, 6) is 0. The van der Waals surface area contributed by atoms with Crippen LogP contribution in [-0.4, -0.2) is 12.1 Å². The average molecular weight is 225 g/mol. The van der Waals surface area contributed by atoms with Gasteiger partial charge in [-0.3, -0.25) is 4.98 Å². The van der Waals surface area contributed by atoms with Crippen molar-refractivity contribution in [3.8, 4) is 0 Å². The lowest BCUT2D eigenvalue weighted by Gasteiger charge is -2.11. The van der Waals surface area contributed by atoms with Crippen LogP contribution < -0.4 is 0 Å². The molecule has 0 bridgehead atoms. The van der Waals surface area contributed by atoms with Gasteiger partial charge in [0.1, 0.15) is 0 Å². The first-order valence-electron chi connectivity index (χ1n) is 5.90. The van der Waals surface area contributed by atoms with Crippen molar-refractivity contribution in [2.45, 2.75) is 18.3 Å².